The van der Waals surface area contributed by atoms with Crippen molar-refractivity contribution in [1.29, 1.82) is 0 Å². The van der Waals surface area contributed by atoms with Crippen LogP contribution in [0.2, 0.25) is 0 Å². The highest BCUT2D eigenvalue weighted by atomic mass is 15.2. The minimum absolute atomic E-state index is 0.649. The fourth-order valence-electron chi connectivity index (χ4n) is 2.55. The Kier molecular flexibility index (Phi) is 11.1. The molecule has 0 bridgehead atoms. The number of anilines is 2. The van der Waals surface area contributed by atoms with Gasteiger partial charge >= 0.3 is 0 Å². The van der Waals surface area contributed by atoms with Crippen molar-refractivity contribution in [3.63, 3.8) is 0 Å². The van der Waals surface area contributed by atoms with Crippen LogP contribution < -0.4 is 10.6 Å². The molecule has 0 aliphatic carbocycles. The average molecular weight is 338 g/mol. The highest BCUT2D eigenvalue weighted by Gasteiger charge is 2.02. The van der Waals surface area contributed by atoms with Crippen molar-refractivity contribution in [2.75, 3.05) is 63.0 Å². The second kappa shape index (κ2) is 12.9. The molecule has 0 unspecified atom stereocenters. The molecule has 138 valence electrons. The molecule has 0 aliphatic heterocycles. The van der Waals surface area contributed by atoms with Crippen LogP contribution in [-0.2, 0) is 0 Å². The maximum absolute atomic E-state index is 4.42. The first-order valence-corrected chi connectivity index (χ1v) is 9.34. The minimum Gasteiger partial charge on any atom is -0.354 e. The highest BCUT2D eigenvalue weighted by Crippen LogP contribution is 2.02. The molecule has 7 nitrogen and oxygen atoms in total. The second-order valence-electron chi connectivity index (χ2n) is 5.75. The van der Waals surface area contributed by atoms with E-state index in [2.05, 4.69) is 63.1 Å². The molecule has 0 radical (unpaired) electrons. The molecule has 0 aromatic carbocycles. The van der Waals surface area contributed by atoms with Gasteiger partial charge in [0.1, 0.15) is 6.33 Å². The Labute approximate surface area is 147 Å². The minimum atomic E-state index is 0.649. The van der Waals surface area contributed by atoms with E-state index < -0.39 is 0 Å². The Morgan fingerprint density at radius 1 is 0.750 bits per heavy atom. The number of aromatic nitrogens is 3. The molecule has 0 spiro atoms. The molecule has 0 atom stereocenters. The van der Waals surface area contributed by atoms with Crippen molar-refractivity contribution in [3.05, 3.63) is 6.33 Å². The molecule has 1 aromatic rings. The molecule has 24 heavy (non-hydrogen) atoms. The number of rotatable bonds is 14. The van der Waals surface area contributed by atoms with Gasteiger partial charge in [0.2, 0.25) is 11.9 Å². The first-order valence-electron chi connectivity index (χ1n) is 9.34. The van der Waals surface area contributed by atoms with E-state index in [0.29, 0.717) is 11.9 Å². The average Bonchev–Trinajstić information content (AvgIpc) is 2.62. The standard InChI is InChI=1S/C17H35N7/c1-5-23(6-2)13-9-11-18-16-20-15-21-17(22-16)19-12-10-14-24(7-3)8-4/h15H,5-14H2,1-4H3,(H2,18,19,20,21,22). The number of nitrogens with one attached hydrogen (secondary N) is 2. The van der Waals surface area contributed by atoms with Crippen molar-refractivity contribution in [3.8, 4) is 0 Å². The summed E-state index contributed by atoms with van der Waals surface area (Å²) in [6, 6.07) is 0. The topological polar surface area (TPSA) is 69.2 Å². The van der Waals surface area contributed by atoms with Gasteiger partial charge in [0.25, 0.3) is 0 Å². The van der Waals surface area contributed by atoms with E-state index >= 15 is 0 Å². The molecule has 1 aromatic heterocycles. The van der Waals surface area contributed by atoms with Gasteiger partial charge in [-0.1, -0.05) is 27.7 Å². The Bertz CT molecular complexity index is 384. The predicted molar refractivity (Wildman–Crippen MR) is 102 cm³/mol. The van der Waals surface area contributed by atoms with Gasteiger partial charge in [-0.2, -0.15) is 4.98 Å². The summed E-state index contributed by atoms with van der Waals surface area (Å²) < 4.78 is 0. The maximum Gasteiger partial charge on any atom is 0.227 e. The lowest BCUT2D eigenvalue weighted by molar-refractivity contribution is 0.303. The Balaban J connectivity index is 2.25. The monoisotopic (exact) mass is 337 g/mol. The second-order valence-corrected chi connectivity index (χ2v) is 5.75. The highest BCUT2D eigenvalue weighted by molar-refractivity contribution is 5.32. The van der Waals surface area contributed by atoms with Crippen LogP contribution in [-0.4, -0.2) is 77.1 Å². The van der Waals surface area contributed by atoms with E-state index in [1.165, 1.54) is 0 Å². The third kappa shape index (κ3) is 8.40. The SMILES string of the molecule is CCN(CC)CCCNc1ncnc(NCCCN(CC)CC)n1. The summed E-state index contributed by atoms with van der Waals surface area (Å²) >= 11 is 0. The van der Waals surface area contributed by atoms with Crippen molar-refractivity contribution in [1.82, 2.24) is 24.8 Å². The van der Waals surface area contributed by atoms with Crippen LogP contribution in [0.3, 0.4) is 0 Å². The molecule has 0 saturated heterocycles. The van der Waals surface area contributed by atoms with Crippen LogP contribution in [0.4, 0.5) is 11.9 Å². The summed E-state index contributed by atoms with van der Waals surface area (Å²) in [6.07, 6.45) is 3.73. The van der Waals surface area contributed by atoms with Crippen LogP contribution in [0.1, 0.15) is 40.5 Å². The van der Waals surface area contributed by atoms with Crippen LogP contribution in [0.5, 0.6) is 0 Å². The predicted octanol–water partition coefficient (Wildman–Crippen LogP) is 2.16. The molecule has 0 fully saturated rings. The summed E-state index contributed by atoms with van der Waals surface area (Å²) in [4.78, 5) is 17.6. The largest absolute Gasteiger partial charge is 0.354 e. The zero-order valence-corrected chi connectivity index (χ0v) is 15.9. The van der Waals surface area contributed by atoms with Gasteiger partial charge < -0.3 is 20.4 Å². The molecule has 1 rings (SSSR count). The third-order valence-corrected chi connectivity index (χ3v) is 4.23. The first-order chi connectivity index (χ1) is 11.7. The molecule has 0 amide bonds. The zero-order valence-electron chi connectivity index (χ0n) is 15.9. The van der Waals surface area contributed by atoms with Crippen molar-refractivity contribution >= 4 is 11.9 Å². The fraction of sp³-hybridized carbons (Fsp3) is 0.824. The summed E-state index contributed by atoms with van der Waals surface area (Å²) in [6.45, 7) is 17.1. The summed E-state index contributed by atoms with van der Waals surface area (Å²) in [5.74, 6) is 1.30. The Morgan fingerprint density at radius 2 is 1.17 bits per heavy atom. The number of hydrogen-bond donors (Lipinski definition) is 2. The van der Waals surface area contributed by atoms with E-state index in [1.807, 2.05) is 0 Å². The lowest BCUT2D eigenvalue weighted by Crippen LogP contribution is -2.26. The molecule has 1 heterocycles. The molecule has 0 saturated carbocycles. The van der Waals surface area contributed by atoms with Gasteiger partial charge in [0, 0.05) is 13.1 Å². The van der Waals surface area contributed by atoms with Gasteiger partial charge in [-0.15, -0.1) is 0 Å². The maximum atomic E-state index is 4.42. The Hall–Kier alpha value is -1.47. The lowest BCUT2D eigenvalue weighted by atomic mass is 10.3. The quantitative estimate of drug-likeness (QED) is 0.504. The van der Waals surface area contributed by atoms with E-state index in [-0.39, 0.29) is 0 Å². The van der Waals surface area contributed by atoms with E-state index in [0.717, 1.165) is 65.2 Å². The van der Waals surface area contributed by atoms with E-state index in [9.17, 15) is 0 Å². The normalized spacial score (nSPS) is 11.2. The smallest absolute Gasteiger partial charge is 0.227 e. The van der Waals surface area contributed by atoms with E-state index in [4.69, 9.17) is 0 Å². The van der Waals surface area contributed by atoms with Gasteiger partial charge in [0.15, 0.2) is 0 Å². The van der Waals surface area contributed by atoms with Crippen LogP contribution in [0.15, 0.2) is 6.33 Å². The van der Waals surface area contributed by atoms with Crippen LogP contribution in [0, 0.1) is 0 Å². The molecule has 7 heteroatoms. The fourth-order valence-corrected chi connectivity index (χ4v) is 2.55. The van der Waals surface area contributed by atoms with Crippen molar-refractivity contribution in [2.45, 2.75) is 40.5 Å². The van der Waals surface area contributed by atoms with Gasteiger partial charge in [0.05, 0.1) is 0 Å². The van der Waals surface area contributed by atoms with Crippen molar-refractivity contribution < 1.29 is 0 Å². The van der Waals surface area contributed by atoms with E-state index in [1.54, 1.807) is 6.33 Å². The summed E-state index contributed by atoms with van der Waals surface area (Å²) in [7, 11) is 0. The van der Waals surface area contributed by atoms with Gasteiger partial charge in [-0.05, 0) is 52.1 Å². The number of nitrogens with zero attached hydrogens (tertiary/aromatic N) is 5. The van der Waals surface area contributed by atoms with Gasteiger partial charge in [-0.3, -0.25) is 0 Å². The van der Waals surface area contributed by atoms with Crippen LogP contribution >= 0.6 is 0 Å². The molecule has 2 N–H and O–H groups in total. The molecule has 0 aliphatic rings. The zero-order chi connectivity index (χ0) is 17.6. The first kappa shape index (κ1) is 20.6. The molecular weight excluding hydrogens is 302 g/mol. The summed E-state index contributed by atoms with van der Waals surface area (Å²) in [5.41, 5.74) is 0. The van der Waals surface area contributed by atoms with Crippen LogP contribution in [0.25, 0.3) is 0 Å². The van der Waals surface area contributed by atoms with Gasteiger partial charge in [-0.25, -0.2) is 9.97 Å². The van der Waals surface area contributed by atoms with Crippen molar-refractivity contribution in [2.24, 2.45) is 0 Å². The third-order valence-electron chi connectivity index (χ3n) is 4.23. The number of hydrogen-bond acceptors (Lipinski definition) is 7. The Morgan fingerprint density at radius 3 is 1.54 bits per heavy atom. The molecular formula is C17H35N7. The summed E-state index contributed by atoms with van der Waals surface area (Å²) in [5, 5.41) is 6.56. The lowest BCUT2D eigenvalue weighted by Gasteiger charge is -2.18.